The third-order valence-electron chi connectivity index (χ3n) is 3.27. The zero-order chi connectivity index (χ0) is 15.9. The molecule has 0 aliphatic rings. The van der Waals surface area contributed by atoms with Crippen molar-refractivity contribution in [2.24, 2.45) is 0 Å². The highest BCUT2D eigenvalue weighted by Crippen LogP contribution is 2.11. The van der Waals surface area contributed by atoms with Crippen LogP contribution in [0, 0.1) is 0 Å². The summed E-state index contributed by atoms with van der Waals surface area (Å²) in [6.07, 6.45) is 1.66. The molecule has 0 bridgehead atoms. The number of carbonyl (C=O) groups excluding carboxylic acids is 1. The molecule has 0 aliphatic heterocycles. The minimum absolute atomic E-state index is 0.0411. The standard InChI is InChI=1S/C18H17N3O2/c22-18(14-23-16-9-5-2-6-10-16)20-17-11-12-19-21(17)13-15-7-3-1-4-8-15/h1-12H,13-14H2,(H,20,22). The molecule has 5 nitrogen and oxygen atoms in total. The smallest absolute Gasteiger partial charge is 0.263 e. The second-order valence-corrected chi connectivity index (χ2v) is 5.01. The molecular weight excluding hydrogens is 290 g/mol. The fourth-order valence-corrected chi connectivity index (χ4v) is 2.17. The molecule has 3 rings (SSSR count). The highest BCUT2D eigenvalue weighted by molar-refractivity contribution is 5.91. The number of aromatic nitrogens is 2. The zero-order valence-corrected chi connectivity index (χ0v) is 12.6. The molecule has 0 unspecified atom stereocenters. The summed E-state index contributed by atoms with van der Waals surface area (Å²) >= 11 is 0. The van der Waals surface area contributed by atoms with Crippen LogP contribution in [0.4, 0.5) is 5.82 Å². The predicted molar refractivity (Wildman–Crippen MR) is 88.3 cm³/mol. The molecule has 0 atom stereocenters. The monoisotopic (exact) mass is 307 g/mol. The van der Waals surface area contributed by atoms with E-state index in [2.05, 4.69) is 10.4 Å². The lowest BCUT2D eigenvalue weighted by Crippen LogP contribution is -2.22. The van der Waals surface area contributed by atoms with Gasteiger partial charge in [0.1, 0.15) is 11.6 Å². The number of nitrogens with one attached hydrogen (secondary N) is 1. The molecule has 0 radical (unpaired) electrons. The van der Waals surface area contributed by atoms with Crippen LogP contribution in [0.5, 0.6) is 5.75 Å². The number of amides is 1. The first kappa shape index (κ1) is 14.8. The predicted octanol–water partition coefficient (Wildman–Crippen LogP) is 2.95. The molecule has 2 aromatic carbocycles. The SMILES string of the molecule is O=C(COc1ccccc1)Nc1ccnn1Cc1ccccc1. The normalized spacial score (nSPS) is 10.3. The Labute approximate surface area is 134 Å². The van der Waals surface area contributed by atoms with Crippen molar-refractivity contribution in [2.75, 3.05) is 11.9 Å². The summed E-state index contributed by atoms with van der Waals surface area (Å²) < 4.78 is 7.18. The summed E-state index contributed by atoms with van der Waals surface area (Å²) in [7, 11) is 0. The maximum absolute atomic E-state index is 12.0. The summed E-state index contributed by atoms with van der Waals surface area (Å²) in [5, 5.41) is 7.06. The van der Waals surface area contributed by atoms with Gasteiger partial charge in [0, 0.05) is 6.07 Å². The molecule has 0 saturated carbocycles. The largest absolute Gasteiger partial charge is 0.484 e. The molecular formula is C18H17N3O2. The van der Waals surface area contributed by atoms with Gasteiger partial charge in [0.2, 0.25) is 0 Å². The van der Waals surface area contributed by atoms with Crippen molar-refractivity contribution in [3.8, 4) is 5.75 Å². The lowest BCUT2D eigenvalue weighted by Gasteiger charge is -2.10. The fraction of sp³-hybridized carbons (Fsp3) is 0.111. The van der Waals surface area contributed by atoms with E-state index in [-0.39, 0.29) is 12.5 Å². The van der Waals surface area contributed by atoms with Crippen LogP contribution in [0.15, 0.2) is 72.9 Å². The van der Waals surface area contributed by atoms with Gasteiger partial charge in [-0.05, 0) is 17.7 Å². The van der Waals surface area contributed by atoms with Gasteiger partial charge in [0.05, 0.1) is 12.7 Å². The molecule has 23 heavy (non-hydrogen) atoms. The minimum Gasteiger partial charge on any atom is -0.484 e. The highest BCUT2D eigenvalue weighted by Gasteiger charge is 2.08. The Balaban J connectivity index is 1.58. The molecule has 0 fully saturated rings. The third kappa shape index (κ3) is 4.20. The molecule has 5 heteroatoms. The number of anilines is 1. The lowest BCUT2D eigenvalue weighted by molar-refractivity contribution is -0.118. The van der Waals surface area contributed by atoms with Crippen LogP contribution in [0.3, 0.4) is 0 Å². The van der Waals surface area contributed by atoms with Crippen LogP contribution in [0.2, 0.25) is 0 Å². The van der Waals surface area contributed by atoms with E-state index in [9.17, 15) is 4.79 Å². The van der Waals surface area contributed by atoms with Gasteiger partial charge in [-0.1, -0.05) is 48.5 Å². The number of carbonyl (C=O) groups is 1. The van der Waals surface area contributed by atoms with E-state index in [1.54, 1.807) is 16.9 Å². The Morgan fingerprint density at radius 1 is 1.00 bits per heavy atom. The Kier molecular flexibility index (Phi) is 4.69. The van der Waals surface area contributed by atoms with E-state index in [1.807, 2.05) is 60.7 Å². The topological polar surface area (TPSA) is 56.1 Å². The van der Waals surface area contributed by atoms with Gasteiger partial charge in [-0.15, -0.1) is 0 Å². The van der Waals surface area contributed by atoms with E-state index in [4.69, 9.17) is 4.74 Å². The molecule has 1 amide bonds. The highest BCUT2D eigenvalue weighted by atomic mass is 16.5. The third-order valence-corrected chi connectivity index (χ3v) is 3.27. The molecule has 0 aliphatic carbocycles. The van der Waals surface area contributed by atoms with Gasteiger partial charge in [0.25, 0.3) is 5.91 Å². The van der Waals surface area contributed by atoms with Crippen LogP contribution >= 0.6 is 0 Å². The van der Waals surface area contributed by atoms with Gasteiger partial charge in [-0.2, -0.15) is 5.10 Å². The van der Waals surface area contributed by atoms with Crippen LogP contribution in [-0.2, 0) is 11.3 Å². The van der Waals surface area contributed by atoms with Gasteiger partial charge in [-0.25, -0.2) is 4.68 Å². The van der Waals surface area contributed by atoms with Crippen molar-refractivity contribution < 1.29 is 9.53 Å². The maximum Gasteiger partial charge on any atom is 0.263 e. The first-order valence-corrected chi connectivity index (χ1v) is 7.35. The Morgan fingerprint density at radius 3 is 2.43 bits per heavy atom. The number of hydrogen-bond acceptors (Lipinski definition) is 3. The second-order valence-electron chi connectivity index (χ2n) is 5.01. The molecule has 0 saturated heterocycles. The van der Waals surface area contributed by atoms with Crippen molar-refractivity contribution in [3.05, 3.63) is 78.5 Å². The van der Waals surface area contributed by atoms with E-state index in [0.29, 0.717) is 18.1 Å². The van der Waals surface area contributed by atoms with Crippen molar-refractivity contribution in [1.29, 1.82) is 0 Å². The van der Waals surface area contributed by atoms with Gasteiger partial charge >= 0.3 is 0 Å². The minimum atomic E-state index is -0.219. The Morgan fingerprint density at radius 2 is 1.70 bits per heavy atom. The number of nitrogens with zero attached hydrogens (tertiary/aromatic N) is 2. The zero-order valence-electron chi connectivity index (χ0n) is 12.6. The Bertz CT molecular complexity index is 754. The average Bonchev–Trinajstić information content (AvgIpc) is 3.02. The Hall–Kier alpha value is -3.08. The van der Waals surface area contributed by atoms with Crippen LogP contribution in [0.25, 0.3) is 0 Å². The average molecular weight is 307 g/mol. The fourth-order valence-electron chi connectivity index (χ4n) is 2.17. The van der Waals surface area contributed by atoms with E-state index in [1.165, 1.54) is 0 Å². The van der Waals surface area contributed by atoms with Crippen molar-refractivity contribution in [3.63, 3.8) is 0 Å². The number of para-hydroxylation sites is 1. The van der Waals surface area contributed by atoms with Crippen LogP contribution in [-0.4, -0.2) is 22.3 Å². The first-order chi connectivity index (χ1) is 11.3. The van der Waals surface area contributed by atoms with Crippen molar-refractivity contribution in [1.82, 2.24) is 9.78 Å². The second kappa shape index (κ2) is 7.26. The van der Waals surface area contributed by atoms with Crippen LogP contribution < -0.4 is 10.1 Å². The van der Waals surface area contributed by atoms with E-state index < -0.39 is 0 Å². The maximum atomic E-state index is 12.0. The molecule has 0 spiro atoms. The van der Waals surface area contributed by atoms with Gasteiger partial charge < -0.3 is 10.1 Å². The number of hydrogen-bond donors (Lipinski definition) is 1. The summed E-state index contributed by atoms with van der Waals surface area (Å²) in [5.74, 6) is 1.10. The van der Waals surface area contributed by atoms with E-state index >= 15 is 0 Å². The summed E-state index contributed by atoms with van der Waals surface area (Å²) in [6, 6.07) is 21.0. The molecule has 1 heterocycles. The molecule has 116 valence electrons. The quantitative estimate of drug-likeness (QED) is 0.762. The number of benzene rings is 2. The van der Waals surface area contributed by atoms with Crippen LogP contribution in [0.1, 0.15) is 5.56 Å². The van der Waals surface area contributed by atoms with Crippen molar-refractivity contribution in [2.45, 2.75) is 6.54 Å². The van der Waals surface area contributed by atoms with E-state index in [0.717, 1.165) is 5.56 Å². The number of rotatable bonds is 6. The lowest BCUT2D eigenvalue weighted by atomic mass is 10.2. The molecule has 1 aromatic heterocycles. The van der Waals surface area contributed by atoms with Gasteiger partial charge in [0.15, 0.2) is 6.61 Å². The summed E-state index contributed by atoms with van der Waals surface area (Å²) in [5.41, 5.74) is 1.12. The van der Waals surface area contributed by atoms with Crippen molar-refractivity contribution >= 4 is 11.7 Å². The molecule has 3 aromatic rings. The summed E-state index contributed by atoms with van der Waals surface area (Å²) in [4.78, 5) is 12.0. The summed E-state index contributed by atoms with van der Waals surface area (Å²) in [6.45, 7) is 0.559. The van der Waals surface area contributed by atoms with Gasteiger partial charge in [-0.3, -0.25) is 4.79 Å². The number of ether oxygens (including phenoxy) is 1. The molecule has 1 N–H and O–H groups in total. The first-order valence-electron chi connectivity index (χ1n) is 7.35.